The molecule has 1 aromatic heterocycles. The van der Waals surface area contributed by atoms with Gasteiger partial charge in [-0.15, -0.1) is 0 Å². The van der Waals surface area contributed by atoms with E-state index in [1.54, 1.807) is 0 Å². The van der Waals surface area contributed by atoms with E-state index in [0.29, 0.717) is 0 Å². The highest BCUT2D eigenvalue weighted by Crippen LogP contribution is 2.19. The summed E-state index contributed by atoms with van der Waals surface area (Å²) in [5.41, 5.74) is 9.21. The summed E-state index contributed by atoms with van der Waals surface area (Å²) in [7, 11) is 1.99. The molecule has 0 bridgehead atoms. The minimum atomic E-state index is 0.241. The van der Waals surface area contributed by atoms with Crippen molar-refractivity contribution in [2.24, 2.45) is 12.8 Å². The van der Waals surface area contributed by atoms with Crippen molar-refractivity contribution in [3.8, 4) is 11.3 Å². The van der Waals surface area contributed by atoms with E-state index < -0.39 is 0 Å². The molecule has 0 aliphatic rings. The molecule has 0 aliphatic carbocycles. The maximum Gasteiger partial charge on any atom is 0.0925 e. The molecule has 0 aliphatic heterocycles. The van der Waals surface area contributed by atoms with Gasteiger partial charge in [0.2, 0.25) is 0 Å². The lowest BCUT2D eigenvalue weighted by atomic mass is 10.1. The van der Waals surface area contributed by atoms with Gasteiger partial charge in [-0.3, -0.25) is 4.68 Å². The van der Waals surface area contributed by atoms with E-state index >= 15 is 0 Å². The van der Waals surface area contributed by atoms with Crippen LogP contribution in [0.2, 0.25) is 0 Å². The minimum absolute atomic E-state index is 0.241. The van der Waals surface area contributed by atoms with E-state index in [4.69, 9.17) is 5.73 Å². The summed E-state index contributed by atoms with van der Waals surface area (Å²) >= 11 is 0. The minimum Gasteiger partial charge on any atom is -0.328 e. The van der Waals surface area contributed by atoms with Crippen molar-refractivity contribution >= 4 is 0 Å². The van der Waals surface area contributed by atoms with Gasteiger partial charge in [-0.05, 0) is 25.8 Å². The summed E-state index contributed by atoms with van der Waals surface area (Å²) in [5.74, 6) is 0. The Morgan fingerprint density at radius 2 is 2.00 bits per heavy atom. The highest BCUT2D eigenvalue weighted by Gasteiger charge is 2.07. The molecule has 0 saturated heterocycles. The first-order chi connectivity index (χ1) is 8.16. The number of aryl methyl sites for hydroxylation is 2. The van der Waals surface area contributed by atoms with Crippen molar-refractivity contribution in [2.45, 2.75) is 25.8 Å². The van der Waals surface area contributed by atoms with Gasteiger partial charge in [0.25, 0.3) is 0 Å². The summed E-state index contributed by atoms with van der Waals surface area (Å²) < 4.78 is 1.95. The molecule has 2 rings (SSSR count). The fraction of sp³-hybridized carbons (Fsp3) is 0.357. The Hall–Kier alpha value is -1.61. The van der Waals surface area contributed by atoms with Gasteiger partial charge in [0.15, 0.2) is 0 Å². The lowest BCUT2D eigenvalue weighted by Crippen LogP contribution is -2.16. The van der Waals surface area contributed by atoms with Gasteiger partial charge < -0.3 is 5.73 Å². The second-order valence-electron chi connectivity index (χ2n) is 4.53. The van der Waals surface area contributed by atoms with Crippen LogP contribution in [0, 0.1) is 0 Å². The summed E-state index contributed by atoms with van der Waals surface area (Å²) in [5, 5.41) is 4.53. The predicted molar refractivity (Wildman–Crippen MR) is 70.6 cm³/mol. The molecular weight excluding hydrogens is 210 g/mol. The van der Waals surface area contributed by atoms with Crippen LogP contribution in [0.3, 0.4) is 0 Å². The Morgan fingerprint density at radius 3 is 2.65 bits per heavy atom. The van der Waals surface area contributed by atoms with Crippen LogP contribution in [0.5, 0.6) is 0 Å². The normalized spacial score (nSPS) is 12.6. The molecule has 17 heavy (non-hydrogen) atoms. The number of benzene rings is 1. The van der Waals surface area contributed by atoms with Crippen LogP contribution in [0.1, 0.15) is 19.0 Å². The lowest BCUT2D eigenvalue weighted by Gasteiger charge is -2.04. The number of rotatable bonds is 4. The van der Waals surface area contributed by atoms with Crippen LogP contribution in [0.15, 0.2) is 36.4 Å². The zero-order valence-corrected chi connectivity index (χ0v) is 10.4. The predicted octanol–water partition coefficient (Wildman–Crippen LogP) is 2.37. The highest BCUT2D eigenvalue weighted by atomic mass is 15.3. The van der Waals surface area contributed by atoms with E-state index in [-0.39, 0.29) is 6.04 Å². The fourth-order valence-corrected chi connectivity index (χ4v) is 1.87. The van der Waals surface area contributed by atoms with Crippen LogP contribution in [-0.4, -0.2) is 15.8 Å². The fourth-order valence-electron chi connectivity index (χ4n) is 1.87. The van der Waals surface area contributed by atoms with Gasteiger partial charge in [-0.2, -0.15) is 5.10 Å². The van der Waals surface area contributed by atoms with Gasteiger partial charge in [0, 0.05) is 24.3 Å². The van der Waals surface area contributed by atoms with E-state index in [0.717, 1.165) is 24.1 Å². The van der Waals surface area contributed by atoms with E-state index in [1.807, 2.05) is 36.9 Å². The smallest absolute Gasteiger partial charge is 0.0925 e. The summed E-state index contributed by atoms with van der Waals surface area (Å²) in [6, 6.07) is 12.6. The second-order valence-corrected chi connectivity index (χ2v) is 4.53. The van der Waals surface area contributed by atoms with Crippen LogP contribution in [0.25, 0.3) is 11.3 Å². The van der Waals surface area contributed by atoms with Crippen molar-refractivity contribution in [1.82, 2.24) is 9.78 Å². The molecule has 90 valence electrons. The van der Waals surface area contributed by atoms with Crippen molar-refractivity contribution in [3.05, 3.63) is 42.1 Å². The summed E-state index contributed by atoms with van der Waals surface area (Å²) in [6.07, 6.45) is 1.97. The largest absolute Gasteiger partial charge is 0.328 e. The van der Waals surface area contributed by atoms with Crippen molar-refractivity contribution in [1.29, 1.82) is 0 Å². The Labute approximate surface area is 102 Å². The molecule has 3 heteroatoms. The van der Waals surface area contributed by atoms with Crippen molar-refractivity contribution in [3.63, 3.8) is 0 Å². The molecule has 1 aromatic carbocycles. The highest BCUT2D eigenvalue weighted by molar-refractivity contribution is 5.59. The Bertz CT molecular complexity index is 471. The third-order valence-electron chi connectivity index (χ3n) is 2.90. The van der Waals surface area contributed by atoms with Gasteiger partial charge in [-0.25, -0.2) is 0 Å². The standard InChI is InChI=1S/C14H19N3/c1-11(15)8-9-13-10-14(16-17(13)2)12-6-4-3-5-7-12/h3-7,10-11H,8-9,15H2,1-2H3/t11-/m0/s1. The van der Waals surface area contributed by atoms with Crippen LogP contribution in [-0.2, 0) is 13.5 Å². The number of hydrogen-bond acceptors (Lipinski definition) is 2. The van der Waals surface area contributed by atoms with Gasteiger partial charge >= 0.3 is 0 Å². The molecule has 2 aromatic rings. The molecule has 1 atom stereocenters. The number of nitrogens with two attached hydrogens (primary N) is 1. The molecule has 0 radical (unpaired) electrons. The van der Waals surface area contributed by atoms with Crippen molar-refractivity contribution in [2.75, 3.05) is 0 Å². The number of hydrogen-bond donors (Lipinski definition) is 1. The van der Waals surface area contributed by atoms with Crippen LogP contribution >= 0.6 is 0 Å². The molecular formula is C14H19N3. The molecule has 0 unspecified atom stereocenters. The monoisotopic (exact) mass is 229 g/mol. The number of nitrogens with zero attached hydrogens (tertiary/aromatic N) is 2. The van der Waals surface area contributed by atoms with Crippen LogP contribution in [0.4, 0.5) is 0 Å². The number of aromatic nitrogens is 2. The zero-order chi connectivity index (χ0) is 12.3. The summed E-state index contributed by atoms with van der Waals surface area (Å²) in [6.45, 7) is 2.04. The Morgan fingerprint density at radius 1 is 1.29 bits per heavy atom. The van der Waals surface area contributed by atoms with Crippen LogP contribution < -0.4 is 5.73 Å². The first-order valence-electron chi connectivity index (χ1n) is 6.00. The van der Waals surface area contributed by atoms with E-state index in [9.17, 15) is 0 Å². The first-order valence-corrected chi connectivity index (χ1v) is 6.00. The van der Waals surface area contributed by atoms with Gasteiger partial charge in [0.05, 0.1) is 5.69 Å². The quantitative estimate of drug-likeness (QED) is 0.874. The maximum atomic E-state index is 5.78. The molecule has 0 spiro atoms. The van der Waals surface area contributed by atoms with Crippen molar-refractivity contribution < 1.29 is 0 Å². The molecule has 3 nitrogen and oxygen atoms in total. The zero-order valence-electron chi connectivity index (χ0n) is 10.4. The second kappa shape index (κ2) is 5.15. The van der Waals surface area contributed by atoms with E-state index in [1.165, 1.54) is 5.69 Å². The molecule has 0 amide bonds. The Kier molecular flexibility index (Phi) is 3.59. The molecule has 1 heterocycles. The average molecular weight is 229 g/mol. The van der Waals surface area contributed by atoms with Gasteiger partial charge in [-0.1, -0.05) is 30.3 Å². The topological polar surface area (TPSA) is 43.8 Å². The third-order valence-corrected chi connectivity index (χ3v) is 2.90. The third kappa shape index (κ3) is 2.94. The molecule has 2 N–H and O–H groups in total. The summed E-state index contributed by atoms with van der Waals surface area (Å²) in [4.78, 5) is 0. The lowest BCUT2D eigenvalue weighted by molar-refractivity contribution is 0.624. The molecule has 0 saturated carbocycles. The SMILES string of the molecule is C[C@H](N)CCc1cc(-c2ccccc2)nn1C. The maximum absolute atomic E-state index is 5.78. The van der Waals surface area contributed by atoms with Gasteiger partial charge in [0.1, 0.15) is 0 Å². The Balaban J connectivity index is 2.19. The van der Waals surface area contributed by atoms with E-state index in [2.05, 4.69) is 23.3 Å². The average Bonchev–Trinajstić information content (AvgIpc) is 2.69. The molecule has 0 fully saturated rings. The first kappa shape index (κ1) is 11.9.